The number of nitrogens with one attached hydrogen (secondary N) is 2. The molecule has 0 aliphatic heterocycles. The van der Waals surface area contributed by atoms with Crippen molar-refractivity contribution in [3.63, 3.8) is 0 Å². The second-order valence-electron chi connectivity index (χ2n) is 6.38. The van der Waals surface area contributed by atoms with Gasteiger partial charge in [0, 0.05) is 6.20 Å². The van der Waals surface area contributed by atoms with E-state index in [1.54, 1.807) is 24.4 Å². The van der Waals surface area contributed by atoms with Gasteiger partial charge in [0.15, 0.2) is 6.73 Å². The van der Waals surface area contributed by atoms with Crippen molar-refractivity contribution in [1.82, 2.24) is 10.3 Å². The zero-order valence-corrected chi connectivity index (χ0v) is 14.0. The van der Waals surface area contributed by atoms with Gasteiger partial charge in [-0.3, -0.25) is 5.32 Å². The SMILES string of the molecule is Cc1ccc(OCNC(=O)Nc2ccccn2)c(C(C)(C)C)c1. The van der Waals surface area contributed by atoms with Gasteiger partial charge in [-0.25, -0.2) is 9.78 Å². The molecule has 2 N–H and O–H groups in total. The third-order valence-corrected chi connectivity index (χ3v) is 3.31. The summed E-state index contributed by atoms with van der Waals surface area (Å²) < 4.78 is 5.73. The highest BCUT2D eigenvalue weighted by Gasteiger charge is 2.19. The van der Waals surface area contributed by atoms with Gasteiger partial charge < -0.3 is 10.1 Å². The van der Waals surface area contributed by atoms with E-state index in [2.05, 4.69) is 49.4 Å². The fourth-order valence-electron chi connectivity index (χ4n) is 2.13. The van der Waals surface area contributed by atoms with Gasteiger partial charge in [-0.05, 0) is 36.1 Å². The Morgan fingerprint density at radius 2 is 2.00 bits per heavy atom. The summed E-state index contributed by atoms with van der Waals surface area (Å²) in [5.74, 6) is 1.27. The number of pyridine rings is 1. The zero-order chi connectivity index (χ0) is 16.9. The number of ether oxygens (including phenoxy) is 1. The van der Waals surface area contributed by atoms with Crippen molar-refractivity contribution in [2.24, 2.45) is 0 Å². The minimum absolute atomic E-state index is 0.0302. The van der Waals surface area contributed by atoms with Crippen molar-refractivity contribution in [2.45, 2.75) is 33.1 Å². The maximum Gasteiger partial charge on any atom is 0.323 e. The summed E-state index contributed by atoms with van der Waals surface area (Å²) in [5, 5.41) is 5.30. The molecule has 0 aliphatic carbocycles. The minimum Gasteiger partial charge on any atom is -0.473 e. The Morgan fingerprint density at radius 3 is 2.65 bits per heavy atom. The maximum absolute atomic E-state index is 11.8. The van der Waals surface area contributed by atoms with Crippen LogP contribution in [-0.2, 0) is 5.41 Å². The quantitative estimate of drug-likeness (QED) is 0.843. The lowest BCUT2D eigenvalue weighted by atomic mass is 9.85. The first kappa shape index (κ1) is 16.8. The van der Waals surface area contributed by atoms with Gasteiger partial charge in [-0.2, -0.15) is 0 Å². The van der Waals surface area contributed by atoms with Crippen LogP contribution in [0.2, 0.25) is 0 Å². The predicted octanol–water partition coefficient (Wildman–Crippen LogP) is 3.85. The third-order valence-electron chi connectivity index (χ3n) is 3.31. The molecule has 5 nitrogen and oxygen atoms in total. The average Bonchev–Trinajstić information content (AvgIpc) is 2.48. The summed E-state index contributed by atoms with van der Waals surface area (Å²) in [7, 11) is 0. The molecule has 0 unspecified atom stereocenters. The number of hydrogen-bond acceptors (Lipinski definition) is 3. The minimum atomic E-state index is -0.354. The van der Waals surface area contributed by atoms with Gasteiger partial charge in [0.25, 0.3) is 0 Å². The molecule has 5 heteroatoms. The summed E-state index contributed by atoms with van der Waals surface area (Å²) in [6.07, 6.45) is 1.62. The van der Waals surface area contributed by atoms with Crippen LogP contribution in [0.4, 0.5) is 10.6 Å². The number of amides is 2. The number of aryl methyl sites for hydroxylation is 1. The van der Waals surface area contributed by atoms with E-state index in [4.69, 9.17) is 4.74 Å². The molecule has 0 aliphatic rings. The largest absolute Gasteiger partial charge is 0.473 e. The number of aromatic nitrogens is 1. The number of urea groups is 1. The summed E-state index contributed by atoms with van der Waals surface area (Å²) in [6, 6.07) is 11.0. The topological polar surface area (TPSA) is 63.2 Å². The number of carbonyl (C=O) groups is 1. The van der Waals surface area contributed by atoms with Crippen LogP contribution in [0.15, 0.2) is 42.6 Å². The zero-order valence-electron chi connectivity index (χ0n) is 14.0. The molecular formula is C18H23N3O2. The summed E-state index contributed by atoms with van der Waals surface area (Å²) >= 11 is 0. The Bertz CT molecular complexity index is 664. The number of anilines is 1. The molecule has 0 radical (unpaired) electrons. The van der Waals surface area contributed by atoms with Gasteiger partial charge in [0.2, 0.25) is 0 Å². The van der Waals surface area contributed by atoms with Crippen molar-refractivity contribution in [3.05, 3.63) is 53.7 Å². The number of benzene rings is 1. The van der Waals surface area contributed by atoms with Crippen molar-refractivity contribution >= 4 is 11.8 Å². The van der Waals surface area contributed by atoms with Gasteiger partial charge in [-0.15, -0.1) is 0 Å². The third kappa shape index (κ3) is 4.98. The van der Waals surface area contributed by atoms with Gasteiger partial charge in [0.05, 0.1) is 0 Å². The van der Waals surface area contributed by atoms with E-state index in [-0.39, 0.29) is 18.2 Å². The predicted molar refractivity (Wildman–Crippen MR) is 91.8 cm³/mol. The van der Waals surface area contributed by atoms with Crippen LogP contribution in [0.3, 0.4) is 0 Å². The number of nitrogens with zero attached hydrogens (tertiary/aromatic N) is 1. The van der Waals surface area contributed by atoms with Crippen LogP contribution < -0.4 is 15.4 Å². The molecule has 23 heavy (non-hydrogen) atoms. The highest BCUT2D eigenvalue weighted by molar-refractivity contribution is 5.87. The van der Waals surface area contributed by atoms with E-state index in [1.807, 2.05) is 12.1 Å². The van der Waals surface area contributed by atoms with E-state index in [0.29, 0.717) is 5.82 Å². The Balaban J connectivity index is 1.93. The first-order chi connectivity index (χ1) is 10.9. The number of carbonyl (C=O) groups excluding carboxylic acids is 1. The molecule has 0 bridgehead atoms. The Labute approximate surface area is 137 Å². The number of hydrogen-bond donors (Lipinski definition) is 2. The molecule has 1 heterocycles. The van der Waals surface area contributed by atoms with Crippen LogP contribution in [0.25, 0.3) is 0 Å². The van der Waals surface area contributed by atoms with Crippen molar-refractivity contribution < 1.29 is 9.53 Å². The van der Waals surface area contributed by atoms with Crippen molar-refractivity contribution in [1.29, 1.82) is 0 Å². The number of rotatable bonds is 4. The normalized spacial score (nSPS) is 11.0. The monoisotopic (exact) mass is 313 g/mol. The molecule has 2 amide bonds. The smallest absolute Gasteiger partial charge is 0.323 e. The van der Waals surface area contributed by atoms with E-state index in [1.165, 1.54) is 5.56 Å². The first-order valence-corrected chi connectivity index (χ1v) is 7.56. The van der Waals surface area contributed by atoms with E-state index >= 15 is 0 Å². The Kier molecular flexibility index (Phi) is 5.21. The van der Waals surface area contributed by atoms with E-state index in [0.717, 1.165) is 11.3 Å². The summed E-state index contributed by atoms with van der Waals surface area (Å²) in [4.78, 5) is 15.8. The lowest BCUT2D eigenvalue weighted by molar-refractivity contribution is 0.233. The molecule has 0 spiro atoms. The highest BCUT2D eigenvalue weighted by Crippen LogP contribution is 2.31. The maximum atomic E-state index is 11.8. The summed E-state index contributed by atoms with van der Waals surface area (Å²) in [6.45, 7) is 8.55. The average molecular weight is 313 g/mol. The lowest BCUT2D eigenvalue weighted by Crippen LogP contribution is -2.32. The van der Waals surface area contributed by atoms with E-state index in [9.17, 15) is 4.79 Å². The standard InChI is InChI=1S/C18H23N3O2/c1-13-8-9-15(14(11-13)18(2,3)4)23-12-20-17(22)21-16-7-5-6-10-19-16/h5-11H,12H2,1-4H3,(H2,19,20,21,22). The van der Waals surface area contributed by atoms with Crippen LogP contribution in [0, 0.1) is 6.92 Å². The van der Waals surface area contributed by atoms with E-state index < -0.39 is 0 Å². The molecule has 122 valence electrons. The summed E-state index contributed by atoms with van der Waals surface area (Å²) in [5.41, 5.74) is 2.27. The highest BCUT2D eigenvalue weighted by atomic mass is 16.5. The second-order valence-corrected chi connectivity index (χ2v) is 6.38. The molecule has 0 atom stereocenters. The molecule has 1 aromatic carbocycles. The van der Waals surface area contributed by atoms with Crippen LogP contribution in [0.1, 0.15) is 31.9 Å². The van der Waals surface area contributed by atoms with Crippen LogP contribution in [0.5, 0.6) is 5.75 Å². The lowest BCUT2D eigenvalue weighted by Gasteiger charge is -2.23. The Morgan fingerprint density at radius 1 is 1.22 bits per heavy atom. The first-order valence-electron chi connectivity index (χ1n) is 7.56. The van der Waals surface area contributed by atoms with Crippen LogP contribution in [-0.4, -0.2) is 17.7 Å². The fourth-order valence-corrected chi connectivity index (χ4v) is 2.13. The van der Waals surface area contributed by atoms with Crippen molar-refractivity contribution in [3.8, 4) is 5.75 Å². The molecule has 0 saturated carbocycles. The van der Waals surface area contributed by atoms with Crippen LogP contribution >= 0.6 is 0 Å². The van der Waals surface area contributed by atoms with Crippen molar-refractivity contribution in [2.75, 3.05) is 12.0 Å². The molecule has 2 rings (SSSR count). The second kappa shape index (κ2) is 7.13. The van der Waals surface area contributed by atoms with Gasteiger partial charge >= 0.3 is 6.03 Å². The van der Waals surface area contributed by atoms with Gasteiger partial charge in [0.1, 0.15) is 11.6 Å². The molecule has 0 fully saturated rings. The Hall–Kier alpha value is -2.56. The molecule has 2 aromatic rings. The molecule has 0 saturated heterocycles. The van der Waals surface area contributed by atoms with Gasteiger partial charge in [-0.1, -0.05) is 44.5 Å². The molecular weight excluding hydrogens is 290 g/mol. The fraction of sp³-hybridized carbons (Fsp3) is 0.333. The molecule has 1 aromatic heterocycles.